The second kappa shape index (κ2) is 20.4. The van der Waals surface area contributed by atoms with Gasteiger partial charge in [0.15, 0.2) is 0 Å². The minimum Gasteiger partial charge on any atom is -1.00 e. The van der Waals surface area contributed by atoms with Gasteiger partial charge in [-0.25, -0.2) is 0 Å². The van der Waals surface area contributed by atoms with Gasteiger partial charge in [-0.05, 0) is 32.1 Å². The normalized spacial score (nSPS) is 11.5. The molecule has 0 rings (SSSR count). The summed E-state index contributed by atoms with van der Waals surface area (Å²) in [7, 11) is -2.43. The van der Waals surface area contributed by atoms with E-state index < -0.39 is 15.9 Å². The average Bonchev–Trinajstić information content (AvgIpc) is 2.62. The van der Waals surface area contributed by atoms with Crippen molar-refractivity contribution in [2.75, 3.05) is 19.3 Å². The number of allylic oxidation sites excluding steroid dienone is 2. The third-order valence-corrected chi connectivity index (χ3v) is 5.46. The standard InChI is InChI=1S/C21H41NO4S.Na.H/c1-3-4-5-6-7-8-9-10-11-12-13-14-15-16-17-18-21(23)22(2)19-20-27(24,25)26;;/h10-11H,3-9,12-20H2,1-2H3,(H,24,25,26);;/q;+1;-1/b11-10-;;. The molecule has 0 unspecified atom stereocenters. The molecule has 0 aliphatic rings. The van der Waals surface area contributed by atoms with Crippen LogP contribution in [0.4, 0.5) is 0 Å². The molecule has 0 fully saturated rings. The van der Waals surface area contributed by atoms with E-state index in [1.165, 1.54) is 62.7 Å². The Morgan fingerprint density at radius 2 is 1.36 bits per heavy atom. The van der Waals surface area contributed by atoms with E-state index >= 15 is 0 Å². The Morgan fingerprint density at radius 1 is 0.893 bits per heavy atom. The van der Waals surface area contributed by atoms with Gasteiger partial charge in [-0.15, -0.1) is 0 Å². The van der Waals surface area contributed by atoms with Crippen LogP contribution in [0.15, 0.2) is 12.2 Å². The van der Waals surface area contributed by atoms with Gasteiger partial charge in [0.05, 0.1) is 5.75 Å². The van der Waals surface area contributed by atoms with Gasteiger partial charge >= 0.3 is 29.6 Å². The molecule has 0 aliphatic carbocycles. The largest absolute Gasteiger partial charge is 1.00 e. The molecule has 0 aliphatic heterocycles. The smallest absolute Gasteiger partial charge is 1.00 e. The average molecular weight is 428 g/mol. The van der Waals surface area contributed by atoms with E-state index in [1.54, 1.807) is 7.05 Å². The predicted molar refractivity (Wildman–Crippen MR) is 115 cm³/mol. The Hall–Kier alpha value is 0.120. The Kier molecular flexibility index (Phi) is 22.1. The summed E-state index contributed by atoms with van der Waals surface area (Å²) in [5, 5.41) is 0. The molecule has 1 amide bonds. The third kappa shape index (κ3) is 22.4. The van der Waals surface area contributed by atoms with Crippen LogP contribution in [-0.4, -0.2) is 43.1 Å². The number of hydrogen-bond donors (Lipinski definition) is 1. The molecule has 0 atom stereocenters. The molecule has 162 valence electrons. The summed E-state index contributed by atoms with van der Waals surface area (Å²) >= 11 is 0. The van der Waals surface area contributed by atoms with Crippen molar-refractivity contribution < 1.29 is 48.7 Å². The maximum Gasteiger partial charge on any atom is 1.00 e. The Morgan fingerprint density at radius 3 is 1.86 bits per heavy atom. The van der Waals surface area contributed by atoms with Gasteiger partial charge in [-0.1, -0.05) is 70.4 Å². The maximum atomic E-state index is 11.8. The van der Waals surface area contributed by atoms with Gasteiger partial charge in [0, 0.05) is 20.0 Å². The SMILES string of the molecule is CCCCCCCC/C=C\CCCCCCCC(=O)N(C)CCS(=O)(=O)O.[H-].[Na+]. The molecule has 7 heteroatoms. The first-order valence-corrected chi connectivity index (χ1v) is 12.3. The van der Waals surface area contributed by atoms with E-state index in [0.29, 0.717) is 6.42 Å². The number of nitrogens with zero attached hydrogens (tertiary/aromatic N) is 1. The van der Waals surface area contributed by atoms with Crippen molar-refractivity contribution in [3.8, 4) is 0 Å². The summed E-state index contributed by atoms with van der Waals surface area (Å²) in [6.07, 6.45) is 20.9. The molecule has 0 saturated heterocycles. The molecule has 0 aromatic heterocycles. The molecule has 28 heavy (non-hydrogen) atoms. The quantitative estimate of drug-likeness (QED) is 0.158. The van der Waals surface area contributed by atoms with Crippen molar-refractivity contribution in [1.29, 1.82) is 0 Å². The third-order valence-electron chi connectivity index (χ3n) is 4.76. The van der Waals surface area contributed by atoms with E-state index in [9.17, 15) is 13.2 Å². The number of carbonyl (C=O) groups excluding carboxylic acids is 1. The summed E-state index contributed by atoms with van der Waals surface area (Å²) in [5.74, 6) is -0.460. The molecular formula is C21H42NNaO4S. The van der Waals surface area contributed by atoms with Crippen molar-refractivity contribution >= 4 is 16.0 Å². The molecule has 1 N–H and O–H groups in total. The Bertz CT molecular complexity index is 501. The van der Waals surface area contributed by atoms with Crippen molar-refractivity contribution in [3.63, 3.8) is 0 Å². The molecule has 0 aromatic rings. The summed E-state index contributed by atoms with van der Waals surface area (Å²) in [6, 6.07) is 0. The molecule has 0 radical (unpaired) electrons. The van der Waals surface area contributed by atoms with Crippen LogP contribution in [0, 0.1) is 0 Å². The van der Waals surface area contributed by atoms with Gasteiger partial charge in [-0.2, -0.15) is 8.42 Å². The number of unbranched alkanes of at least 4 members (excludes halogenated alkanes) is 11. The first kappa shape index (κ1) is 30.3. The van der Waals surface area contributed by atoms with E-state index in [4.69, 9.17) is 4.55 Å². The summed E-state index contributed by atoms with van der Waals surface area (Å²) in [5.41, 5.74) is 0. The first-order valence-electron chi connectivity index (χ1n) is 10.7. The molecule has 0 aromatic carbocycles. The van der Waals surface area contributed by atoms with Crippen LogP contribution in [0.2, 0.25) is 0 Å². The zero-order chi connectivity index (χ0) is 20.4. The van der Waals surface area contributed by atoms with Crippen LogP contribution in [0.3, 0.4) is 0 Å². The molecule has 0 heterocycles. The minimum absolute atomic E-state index is 0. The van der Waals surface area contributed by atoms with Crippen LogP contribution >= 0.6 is 0 Å². The Balaban J connectivity index is -0.00000338. The molecule has 5 nitrogen and oxygen atoms in total. The van der Waals surface area contributed by atoms with Crippen LogP contribution < -0.4 is 29.6 Å². The second-order valence-corrected chi connectivity index (χ2v) is 9.01. The Labute approximate surface area is 197 Å². The molecular weight excluding hydrogens is 385 g/mol. The van der Waals surface area contributed by atoms with Gasteiger partial charge in [-0.3, -0.25) is 9.35 Å². The topological polar surface area (TPSA) is 74.7 Å². The fourth-order valence-corrected chi connectivity index (χ4v) is 3.42. The van der Waals surface area contributed by atoms with Crippen molar-refractivity contribution in [2.24, 2.45) is 0 Å². The van der Waals surface area contributed by atoms with Crippen LogP contribution in [0.5, 0.6) is 0 Å². The number of rotatable bonds is 18. The van der Waals surface area contributed by atoms with Crippen LogP contribution in [-0.2, 0) is 14.9 Å². The second-order valence-electron chi connectivity index (χ2n) is 7.44. The fourth-order valence-electron chi connectivity index (χ4n) is 2.91. The fraction of sp³-hybridized carbons (Fsp3) is 0.857. The van der Waals surface area contributed by atoms with E-state index in [2.05, 4.69) is 19.1 Å². The zero-order valence-electron chi connectivity index (χ0n) is 19.5. The monoisotopic (exact) mass is 427 g/mol. The van der Waals surface area contributed by atoms with Crippen LogP contribution in [0.1, 0.15) is 98.2 Å². The summed E-state index contributed by atoms with van der Waals surface area (Å²) in [4.78, 5) is 13.2. The minimum atomic E-state index is -4.00. The van der Waals surface area contributed by atoms with Gasteiger partial charge in [0.2, 0.25) is 5.91 Å². The van der Waals surface area contributed by atoms with Crippen molar-refractivity contribution in [3.05, 3.63) is 12.2 Å². The number of amides is 1. The van der Waals surface area contributed by atoms with E-state index in [0.717, 1.165) is 25.7 Å². The molecule has 0 spiro atoms. The summed E-state index contributed by atoms with van der Waals surface area (Å²) in [6.45, 7) is 2.29. The predicted octanol–water partition coefficient (Wildman–Crippen LogP) is 2.49. The van der Waals surface area contributed by atoms with Crippen LogP contribution in [0.25, 0.3) is 0 Å². The number of hydrogen-bond acceptors (Lipinski definition) is 3. The molecule has 0 bridgehead atoms. The van der Waals surface area contributed by atoms with Crippen molar-refractivity contribution in [2.45, 2.75) is 96.8 Å². The molecule has 0 saturated carbocycles. The zero-order valence-corrected chi connectivity index (χ0v) is 21.3. The van der Waals surface area contributed by atoms with Gasteiger partial charge in [0.25, 0.3) is 10.1 Å². The summed E-state index contributed by atoms with van der Waals surface area (Å²) < 4.78 is 30.1. The number of carbonyl (C=O) groups is 1. The van der Waals surface area contributed by atoms with Gasteiger partial charge < -0.3 is 6.33 Å². The van der Waals surface area contributed by atoms with E-state index in [1.807, 2.05) is 0 Å². The maximum absolute atomic E-state index is 11.8. The first-order chi connectivity index (χ1) is 12.9. The van der Waals surface area contributed by atoms with Crippen molar-refractivity contribution in [1.82, 2.24) is 4.90 Å². The van der Waals surface area contributed by atoms with Gasteiger partial charge in [0.1, 0.15) is 0 Å². The van der Waals surface area contributed by atoms with E-state index in [-0.39, 0.29) is 43.4 Å².